The number of H-pyrrole nitrogens is 2. The molecule has 0 unspecified atom stereocenters. The molecule has 5 rings (SSSR count). The average Bonchev–Trinajstić information content (AvgIpc) is 3.35. The topological polar surface area (TPSA) is 105 Å². The fourth-order valence-electron chi connectivity index (χ4n) is 4.39. The van der Waals surface area contributed by atoms with Gasteiger partial charge in [-0.15, -0.1) is 0 Å². The van der Waals surface area contributed by atoms with Gasteiger partial charge < -0.3 is 25.8 Å². The highest BCUT2D eigenvalue weighted by atomic mass is 16.5. The van der Waals surface area contributed by atoms with Crippen molar-refractivity contribution in [3.63, 3.8) is 0 Å². The molecule has 0 spiro atoms. The summed E-state index contributed by atoms with van der Waals surface area (Å²) in [6, 6.07) is 14.5. The minimum absolute atomic E-state index is 0.269. The van der Waals surface area contributed by atoms with Crippen LogP contribution in [0.4, 0.5) is 17.5 Å². The zero-order valence-electron chi connectivity index (χ0n) is 19.1. The Bertz CT molecular complexity index is 1450. The van der Waals surface area contributed by atoms with E-state index in [1.54, 1.807) is 0 Å². The maximum absolute atomic E-state index is 6.00. The molecular weight excluding hydrogens is 412 g/mol. The molecule has 5 aromatic rings. The first-order valence-electron chi connectivity index (χ1n) is 11.2. The van der Waals surface area contributed by atoms with Gasteiger partial charge in [0.2, 0.25) is 5.95 Å². The van der Waals surface area contributed by atoms with Crippen molar-refractivity contribution in [1.82, 2.24) is 19.9 Å². The van der Waals surface area contributed by atoms with E-state index in [-0.39, 0.29) is 5.95 Å². The highest BCUT2D eigenvalue weighted by Crippen LogP contribution is 2.29. The summed E-state index contributed by atoms with van der Waals surface area (Å²) in [4.78, 5) is 15.7. The number of nitrogen functional groups attached to an aromatic ring is 1. The molecule has 0 aliphatic heterocycles. The molecule has 7 heteroatoms. The Morgan fingerprint density at radius 1 is 1.00 bits per heavy atom. The van der Waals surface area contributed by atoms with Gasteiger partial charge in [-0.25, -0.2) is 4.98 Å². The highest BCUT2D eigenvalue weighted by Gasteiger charge is 2.14. The minimum Gasteiger partial charge on any atom is -0.494 e. The van der Waals surface area contributed by atoms with E-state index >= 15 is 0 Å². The number of anilines is 3. The third kappa shape index (κ3) is 4.22. The quantitative estimate of drug-likeness (QED) is 0.265. The molecule has 0 radical (unpaired) electrons. The van der Waals surface area contributed by atoms with Gasteiger partial charge in [-0.3, -0.25) is 0 Å². The second-order valence-corrected chi connectivity index (χ2v) is 8.33. The maximum atomic E-state index is 6.00. The third-order valence-electron chi connectivity index (χ3n) is 5.94. The Morgan fingerprint density at radius 3 is 2.70 bits per heavy atom. The fraction of sp³-hybridized carbons (Fsp3) is 0.231. The first-order valence-corrected chi connectivity index (χ1v) is 11.2. The van der Waals surface area contributed by atoms with Crippen molar-refractivity contribution < 1.29 is 4.74 Å². The molecule has 3 heterocycles. The minimum atomic E-state index is 0.269. The lowest BCUT2D eigenvalue weighted by Gasteiger charge is -2.14. The van der Waals surface area contributed by atoms with Gasteiger partial charge in [0.1, 0.15) is 11.6 Å². The van der Waals surface area contributed by atoms with E-state index in [9.17, 15) is 0 Å². The molecule has 0 aliphatic rings. The molecule has 0 amide bonds. The summed E-state index contributed by atoms with van der Waals surface area (Å²) in [5, 5.41) is 5.81. The van der Waals surface area contributed by atoms with Crippen LogP contribution in [0.5, 0.6) is 5.75 Å². The first-order chi connectivity index (χ1) is 16.0. The summed E-state index contributed by atoms with van der Waals surface area (Å²) in [5.41, 5.74) is 13.5. The Labute approximate surface area is 192 Å². The van der Waals surface area contributed by atoms with Crippen LogP contribution in [0, 0.1) is 13.8 Å². The van der Waals surface area contributed by atoms with Gasteiger partial charge in [0, 0.05) is 50.6 Å². The van der Waals surface area contributed by atoms with Crippen molar-refractivity contribution in [3.8, 4) is 5.75 Å². The van der Waals surface area contributed by atoms with Crippen LogP contribution >= 0.6 is 0 Å². The molecule has 0 bridgehead atoms. The van der Waals surface area contributed by atoms with Crippen LogP contribution in [0.25, 0.3) is 21.8 Å². The van der Waals surface area contributed by atoms with Crippen LogP contribution in [-0.2, 0) is 12.8 Å². The van der Waals surface area contributed by atoms with Crippen molar-refractivity contribution in [2.24, 2.45) is 0 Å². The second-order valence-electron chi connectivity index (χ2n) is 8.33. The normalized spacial score (nSPS) is 11.4. The van der Waals surface area contributed by atoms with Crippen LogP contribution in [0.15, 0.2) is 48.7 Å². The van der Waals surface area contributed by atoms with Gasteiger partial charge >= 0.3 is 0 Å². The summed E-state index contributed by atoms with van der Waals surface area (Å²) in [5.74, 6) is 1.91. The second kappa shape index (κ2) is 8.50. The molecule has 2 aromatic carbocycles. The summed E-state index contributed by atoms with van der Waals surface area (Å²) >= 11 is 0. The van der Waals surface area contributed by atoms with Crippen LogP contribution in [0.1, 0.15) is 29.4 Å². The maximum Gasteiger partial charge on any atom is 0.222 e. The number of aromatic amines is 2. The number of benzene rings is 2. The predicted octanol–water partition coefficient (Wildman–Crippen LogP) is 5.57. The van der Waals surface area contributed by atoms with Gasteiger partial charge in [0.15, 0.2) is 0 Å². The SMILES string of the molecule is CCOc1ccc2[nH]cc(CCc3c(C)nc(N)nc3Nc3ccc4[nH]c(C)cc4c3)c2c1. The van der Waals surface area contributed by atoms with E-state index in [4.69, 9.17) is 10.5 Å². The largest absolute Gasteiger partial charge is 0.494 e. The van der Waals surface area contributed by atoms with E-state index in [1.165, 1.54) is 10.9 Å². The van der Waals surface area contributed by atoms with Gasteiger partial charge in [0.05, 0.1) is 6.61 Å². The monoisotopic (exact) mass is 440 g/mol. The number of nitrogens with zero attached hydrogens (tertiary/aromatic N) is 2. The van der Waals surface area contributed by atoms with Crippen molar-refractivity contribution >= 4 is 39.3 Å². The highest BCUT2D eigenvalue weighted by molar-refractivity contribution is 5.86. The molecule has 0 atom stereocenters. The predicted molar refractivity (Wildman–Crippen MR) is 134 cm³/mol. The summed E-state index contributed by atoms with van der Waals surface area (Å²) in [6.45, 7) is 6.69. The number of nitrogens with two attached hydrogens (primary N) is 1. The Kier molecular flexibility index (Phi) is 5.38. The van der Waals surface area contributed by atoms with Crippen LogP contribution in [-0.4, -0.2) is 26.5 Å². The molecule has 7 nitrogen and oxygen atoms in total. The Morgan fingerprint density at radius 2 is 1.85 bits per heavy atom. The van der Waals surface area contributed by atoms with Crippen LogP contribution in [0.3, 0.4) is 0 Å². The average molecular weight is 441 g/mol. The number of hydrogen-bond donors (Lipinski definition) is 4. The standard InChI is InChI=1S/C26H28N6O/c1-4-33-20-7-10-24-22(13-20)17(14-28-24)5-8-21-16(3)30-26(27)32-25(21)31-19-6-9-23-18(12-19)11-15(2)29-23/h6-7,9-14,28-29H,4-5,8H2,1-3H3,(H3,27,30,31,32). The van der Waals surface area contributed by atoms with Crippen LogP contribution in [0.2, 0.25) is 0 Å². The zero-order chi connectivity index (χ0) is 22.9. The van der Waals surface area contributed by atoms with Crippen molar-refractivity contribution in [2.45, 2.75) is 33.6 Å². The number of aryl methyl sites for hydroxylation is 3. The van der Waals surface area contributed by atoms with Crippen molar-refractivity contribution in [3.05, 3.63) is 71.2 Å². The van der Waals surface area contributed by atoms with Crippen molar-refractivity contribution in [2.75, 3.05) is 17.7 Å². The van der Waals surface area contributed by atoms with Gasteiger partial charge in [-0.2, -0.15) is 4.98 Å². The van der Waals surface area contributed by atoms with E-state index in [0.29, 0.717) is 6.61 Å². The Balaban J connectivity index is 1.43. The third-order valence-corrected chi connectivity index (χ3v) is 5.94. The zero-order valence-corrected chi connectivity index (χ0v) is 19.1. The van der Waals surface area contributed by atoms with Crippen LogP contribution < -0.4 is 15.8 Å². The molecule has 0 fully saturated rings. The first kappa shape index (κ1) is 20.9. The molecular formula is C26H28N6O. The van der Waals surface area contributed by atoms with Gasteiger partial charge in [0.25, 0.3) is 0 Å². The van der Waals surface area contributed by atoms with E-state index in [2.05, 4.69) is 68.7 Å². The summed E-state index contributed by atoms with van der Waals surface area (Å²) in [6.07, 6.45) is 3.70. The van der Waals surface area contributed by atoms with E-state index in [1.807, 2.05) is 26.0 Å². The van der Waals surface area contributed by atoms with E-state index < -0.39 is 0 Å². The summed E-state index contributed by atoms with van der Waals surface area (Å²) in [7, 11) is 0. The lowest BCUT2D eigenvalue weighted by molar-refractivity contribution is 0.340. The number of hydrogen-bond acceptors (Lipinski definition) is 5. The molecule has 33 heavy (non-hydrogen) atoms. The number of rotatable bonds is 7. The van der Waals surface area contributed by atoms with Gasteiger partial charge in [-0.1, -0.05) is 0 Å². The molecule has 0 aliphatic carbocycles. The molecule has 0 saturated heterocycles. The number of fused-ring (bicyclic) bond motifs is 2. The van der Waals surface area contributed by atoms with Crippen molar-refractivity contribution in [1.29, 1.82) is 0 Å². The van der Waals surface area contributed by atoms with Gasteiger partial charge in [-0.05, 0) is 81.6 Å². The smallest absolute Gasteiger partial charge is 0.222 e. The van der Waals surface area contributed by atoms with E-state index in [0.717, 1.165) is 63.5 Å². The number of ether oxygens (including phenoxy) is 1. The number of nitrogens with one attached hydrogen (secondary N) is 3. The molecule has 5 N–H and O–H groups in total. The Hall–Kier alpha value is -4.00. The lowest BCUT2D eigenvalue weighted by Crippen LogP contribution is -2.08. The molecule has 3 aromatic heterocycles. The fourth-order valence-corrected chi connectivity index (χ4v) is 4.39. The number of aromatic nitrogens is 4. The molecule has 0 saturated carbocycles. The molecule has 168 valence electrons. The lowest BCUT2D eigenvalue weighted by atomic mass is 10.0. The summed E-state index contributed by atoms with van der Waals surface area (Å²) < 4.78 is 5.69.